The summed E-state index contributed by atoms with van der Waals surface area (Å²) in [7, 11) is 0. The van der Waals surface area contributed by atoms with E-state index in [0.717, 1.165) is 2.88 Å². The van der Waals surface area contributed by atoms with Crippen LogP contribution in [0.15, 0.2) is 11.4 Å². The lowest BCUT2D eigenvalue weighted by molar-refractivity contribution is -0.147. The quantitative estimate of drug-likeness (QED) is 0.833. The molecule has 0 aliphatic rings. The topological polar surface area (TPSA) is 57.6 Å². The van der Waals surface area contributed by atoms with E-state index in [0.29, 0.717) is 12.1 Å². The third kappa shape index (κ3) is 2.98. The number of carboxylic acid groups (broad SMARTS) is 1. The van der Waals surface area contributed by atoms with Crippen LogP contribution >= 0.6 is 33.9 Å². The first kappa shape index (κ1) is 14.4. The molecule has 0 saturated carbocycles. The van der Waals surface area contributed by atoms with E-state index in [1.807, 2.05) is 0 Å². The van der Waals surface area contributed by atoms with Crippen molar-refractivity contribution in [2.24, 2.45) is 0 Å². The first-order valence-corrected chi connectivity index (χ1v) is 7.06. The van der Waals surface area contributed by atoms with Gasteiger partial charge in [-0.2, -0.15) is 0 Å². The molecule has 0 unspecified atom stereocenters. The molecule has 6 heteroatoms. The highest BCUT2D eigenvalue weighted by Gasteiger charge is 2.37. The summed E-state index contributed by atoms with van der Waals surface area (Å²) in [5, 5.41) is 10.9. The average molecular weight is 367 g/mol. The largest absolute Gasteiger partial charge is 0.480 e. The summed E-state index contributed by atoms with van der Waals surface area (Å²) in [6, 6.07) is 1.77. The number of aliphatic carboxylic acids is 1. The maximum atomic E-state index is 12.2. The maximum absolute atomic E-state index is 12.2. The van der Waals surface area contributed by atoms with Crippen molar-refractivity contribution in [3.63, 3.8) is 0 Å². The minimum atomic E-state index is -1.20. The minimum absolute atomic E-state index is 0.237. The highest BCUT2D eigenvalue weighted by molar-refractivity contribution is 14.1. The van der Waals surface area contributed by atoms with Crippen LogP contribution in [0, 0.1) is 2.88 Å². The third-order valence-electron chi connectivity index (χ3n) is 2.57. The Balaban J connectivity index is 3.04. The number of carbonyl (C=O) groups excluding carboxylic acids is 1. The molecule has 0 bridgehead atoms. The Labute approximate surface area is 118 Å². The van der Waals surface area contributed by atoms with Crippen LogP contribution in [0.25, 0.3) is 0 Å². The molecule has 0 aliphatic carbocycles. The van der Waals surface area contributed by atoms with Crippen molar-refractivity contribution in [3.8, 4) is 0 Å². The van der Waals surface area contributed by atoms with Gasteiger partial charge in [0.25, 0.3) is 5.91 Å². The summed E-state index contributed by atoms with van der Waals surface area (Å²) in [5.41, 5.74) is -0.644. The number of hydrogen-bond donors (Lipinski definition) is 1. The lowest BCUT2D eigenvalue weighted by Gasteiger charge is -2.34. The van der Waals surface area contributed by atoms with Gasteiger partial charge in [0.1, 0.15) is 5.54 Å². The van der Waals surface area contributed by atoms with E-state index in [9.17, 15) is 9.59 Å². The fourth-order valence-electron chi connectivity index (χ4n) is 1.49. The van der Waals surface area contributed by atoms with Crippen LogP contribution in [0.3, 0.4) is 0 Å². The first-order valence-electron chi connectivity index (χ1n) is 5.10. The first-order chi connectivity index (χ1) is 7.80. The monoisotopic (exact) mass is 367 g/mol. The molecule has 4 nitrogen and oxygen atoms in total. The molecule has 1 aromatic rings. The fourth-order valence-corrected chi connectivity index (χ4v) is 2.81. The number of hydrogen-bond acceptors (Lipinski definition) is 3. The molecule has 0 spiro atoms. The summed E-state index contributed by atoms with van der Waals surface area (Å²) in [5.74, 6) is -1.24. The Kier molecular flexibility index (Phi) is 4.54. The van der Waals surface area contributed by atoms with E-state index >= 15 is 0 Å². The van der Waals surface area contributed by atoms with E-state index in [-0.39, 0.29) is 5.91 Å². The number of rotatable bonds is 4. The molecular formula is C11H14INO3S. The fraction of sp³-hybridized carbons (Fsp3) is 0.455. The van der Waals surface area contributed by atoms with E-state index in [1.165, 1.54) is 30.1 Å². The molecule has 17 heavy (non-hydrogen) atoms. The summed E-state index contributed by atoms with van der Waals surface area (Å²) < 4.78 is 1.01. The minimum Gasteiger partial charge on any atom is -0.480 e. The Morgan fingerprint density at radius 3 is 2.47 bits per heavy atom. The molecule has 94 valence electrons. The number of thiophene rings is 1. The lowest BCUT2D eigenvalue weighted by atomic mass is 10.0. The molecular weight excluding hydrogens is 353 g/mol. The molecule has 1 heterocycles. The van der Waals surface area contributed by atoms with Crippen LogP contribution in [0.2, 0.25) is 0 Å². The number of likely N-dealkylation sites (N-methyl/N-ethyl adjacent to an activating group) is 1. The van der Waals surface area contributed by atoms with Crippen molar-refractivity contribution in [2.45, 2.75) is 26.3 Å². The molecule has 1 rings (SSSR count). The zero-order valence-corrected chi connectivity index (χ0v) is 12.8. The summed E-state index contributed by atoms with van der Waals surface area (Å²) in [6.45, 7) is 5.21. The van der Waals surface area contributed by atoms with Crippen LogP contribution < -0.4 is 0 Å². The van der Waals surface area contributed by atoms with E-state index in [4.69, 9.17) is 5.11 Å². The SMILES string of the molecule is CCN(C(=O)c1csc(I)c1)C(C)(C)C(=O)O. The van der Waals surface area contributed by atoms with Crippen LogP contribution in [-0.2, 0) is 4.79 Å². The lowest BCUT2D eigenvalue weighted by Crippen LogP contribution is -2.52. The molecule has 1 aromatic heterocycles. The highest BCUT2D eigenvalue weighted by atomic mass is 127. The van der Waals surface area contributed by atoms with Crippen molar-refractivity contribution in [3.05, 3.63) is 19.9 Å². The highest BCUT2D eigenvalue weighted by Crippen LogP contribution is 2.22. The molecule has 0 atom stereocenters. The van der Waals surface area contributed by atoms with Gasteiger partial charge in [0, 0.05) is 11.9 Å². The summed E-state index contributed by atoms with van der Waals surface area (Å²) >= 11 is 3.61. The second-order valence-corrected chi connectivity index (χ2v) is 6.86. The van der Waals surface area contributed by atoms with Gasteiger partial charge in [0.2, 0.25) is 0 Å². The van der Waals surface area contributed by atoms with Gasteiger partial charge in [-0.15, -0.1) is 11.3 Å². The van der Waals surface area contributed by atoms with Gasteiger partial charge in [-0.3, -0.25) is 4.79 Å². The summed E-state index contributed by atoms with van der Waals surface area (Å²) in [4.78, 5) is 24.7. The van der Waals surface area contributed by atoms with Gasteiger partial charge < -0.3 is 10.0 Å². The Morgan fingerprint density at radius 2 is 2.12 bits per heavy atom. The number of carboxylic acids is 1. The zero-order chi connectivity index (χ0) is 13.2. The van der Waals surface area contributed by atoms with E-state index in [1.54, 1.807) is 18.4 Å². The van der Waals surface area contributed by atoms with E-state index < -0.39 is 11.5 Å². The van der Waals surface area contributed by atoms with Crippen LogP contribution in [0.5, 0.6) is 0 Å². The molecule has 0 aliphatic heterocycles. The number of halogens is 1. The van der Waals surface area contributed by atoms with Gasteiger partial charge in [0.05, 0.1) is 8.45 Å². The molecule has 0 aromatic carbocycles. The van der Waals surface area contributed by atoms with Crippen LogP contribution in [-0.4, -0.2) is 34.0 Å². The number of amides is 1. The number of carbonyl (C=O) groups is 2. The van der Waals surface area contributed by atoms with Gasteiger partial charge in [0.15, 0.2) is 0 Å². The molecule has 0 fully saturated rings. The van der Waals surface area contributed by atoms with E-state index in [2.05, 4.69) is 22.6 Å². The molecule has 1 amide bonds. The van der Waals surface area contributed by atoms with Crippen molar-refractivity contribution < 1.29 is 14.7 Å². The van der Waals surface area contributed by atoms with Gasteiger partial charge in [-0.25, -0.2) is 4.79 Å². The number of nitrogens with zero attached hydrogens (tertiary/aromatic N) is 1. The normalized spacial score (nSPS) is 11.3. The molecule has 0 radical (unpaired) electrons. The predicted molar refractivity (Wildman–Crippen MR) is 75.5 cm³/mol. The second kappa shape index (κ2) is 5.34. The molecule has 0 saturated heterocycles. The Bertz CT molecular complexity index is 442. The maximum Gasteiger partial charge on any atom is 0.329 e. The zero-order valence-electron chi connectivity index (χ0n) is 9.86. The van der Waals surface area contributed by atoms with Crippen molar-refractivity contribution >= 4 is 45.8 Å². The van der Waals surface area contributed by atoms with Gasteiger partial charge in [-0.1, -0.05) is 0 Å². The van der Waals surface area contributed by atoms with Crippen molar-refractivity contribution in [1.29, 1.82) is 0 Å². The predicted octanol–water partition coefficient (Wildman–Crippen LogP) is 2.68. The van der Waals surface area contributed by atoms with Crippen molar-refractivity contribution in [2.75, 3.05) is 6.54 Å². The van der Waals surface area contributed by atoms with Crippen LogP contribution in [0.4, 0.5) is 0 Å². The Morgan fingerprint density at radius 1 is 1.53 bits per heavy atom. The van der Waals surface area contributed by atoms with Gasteiger partial charge in [-0.05, 0) is 49.4 Å². The van der Waals surface area contributed by atoms with Gasteiger partial charge >= 0.3 is 5.97 Å². The van der Waals surface area contributed by atoms with Crippen LogP contribution in [0.1, 0.15) is 31.1 Å². The third-order valence-corrected chi connectivity index (χ3v) is 4.36. The Hall–Kier alpha value is -0.630. The standard InChI is InChI=1S/C11H14INO3S/c1-4-13(11(2,3)10(15)16)9(14)7-5-8(12)17-6-7/h5-6H,4H2,1-3H3,(H,15,16). The summed E-state index contributed by atoms with van der Waals surface area (Å²) in [6.07, 6.45) is 0. The molecule has 1 N–H and O–H groups in total. The second-order valence-electron chi connectivity index (χ2n) is 4.05. The average Bonchev–Trinajstić information content (AvgIpc) is 2.65. The smallest absolute Gasteiger partial charge is 0.329 e. The van der Waals surface area contributed by atoms with Crippen molar-refractivity contribution in [1.82, 2.24) is 4.90 Å².